The van der Waals surface area contributed by atoms with Crippen LogP contribution in [0.15, 0.2) is 47.6 Å². The highest BCUT2D eigenvalue weighted by Crippen LogP contribution is 2.42. The maximum Gasteiger partial charge on any atom is 0.152 e. The van der Waals surface area contributed by atoms with Gasteiger partial charge in [-0.3, -0.25) is 9.59 Å². The molecule has 2 aliphatic rings. The van der Waals surface area contributed by atoms with Crippen LogP contribution in [0.1, 0.15) is 81.1 Å². The van der Waals surface area contributed by atoms with Crippen LogP contribution in [0, 0.1) is 22.7 Å². The minimum Gasteiger partial charge on any atom is -0.295 e. The first-order chi connectivity index (χ1) is 12.9. The second kappa shape index (κ2) is 10.2. The first-order valence-electron chi connectivity index (χ1n) is 10.6. The molecular weight excluding hydrogens is 344 g/mol. The van der Waals surface area contributed by atoms with Gasteiger partial charge in [-0.2, -0.15) is 0 Å². The first-order valence-corrected chi connectivity index (χ1v) is 10.6. The largest absolute Gasteiger partial charge is 0.295 e. The topological polar surface area (TPSA) is 34.1 Å². The third-order valence-electron chi connectivity index (χ3n) is 6.22. The van der Waals surface area contributed by atoms with Gasteiger partial charge in [-0.05, 0) is 76.4 Å². The molecule has 0 bridgehead atoms. The fourth-order valence-electron chi connectivity index (χ4n) is 4.43. The standard InChI is InChI=1S/2C13H20O/c2*1-10-6-5-9-13(3,4)12(10)8-7-11(2)14/h2*6-8,12H,5,9H2,1-4H3/b2*8-7+. The number of carbonyl (C=O) groups excluding carboxylic acids is 2. The summed E-state index contributed by atoms with van der Waals surface area (Å²) in [5.74, 6) is 1.14. The molecule has 2 aliphatic carbocycles. The maximum absolute atomic E-state index is 10.9. The van der Waals surface area contributed by atoms with Gasteiger partial charge in [0.05, 0.1) is 0 Å². The molecule has 0 aromatic rings. The Bertz CT molecular complexity index is 623. The average molecular weight is 385 g/mol. The molecule has 2 unspecified atom stereocenters. The lowest BCUT2D eigenvalue weighted by atomic mass is 9.68. The van der Waals surface area contributed by atoms with E-state index < -0.39 is 0 Å². The van der Waals surface area contributed by atoms with E-state index >= 15 is 0 Å². The van der Waals surface area contributed by atoms with Gasteiger partial charge in [0.25, 0.3) is 0 Å². The lowest BCUT2D eigenvalue weighted by Crippen LogP contribution is -2.26. The van der Waals surface area contributed by atoms with Crippen LogP contribution in [-0.2, 0) is 9.59 Å². The van der Waals surface area contributed by atoms with Gasteiger partial charge in [0.1, 0.15) is 0 Å². The summed E-state index contributed by atoms with van der Waals surface area (Å²) in [7, 11) is 0. The van der Waals surface area contributed by atoms with Crippen molar-refractivity contribution in [1.29, 1.82) is 0 Å². The summed E-state index contributed by atoms with van der Waals surface area (Å²) in [5.41, 5.74) is 3.40. The van der Waals surface area contributed by atoms with Crippen LogP contribution in [0.25, 0.3) is 0 Å². The van der Waals surface area contributed by atoms with Gasteiger partial charge in [0.2, 0.25) is 0 Å². The molecule has 0 fully saturated rings. The zero-order valence-electron chi connectivity index (χ0n) is 19.3. The number of allylic oxidation sites excluding steroid dienone is 8. The van der Waals surface area contributed by atoms with Crippen molar-refractivity contribution in [2.24, 2.45) is 22.7 Å². The van der Waals surface area contributed by atoms with Crippen LogP contribution in [0.2, 0.25) is 0 Å². The second-order valence-corrected chi connectivity index (χ2v) is 9.85. The van der Waals surface area contributed by atoms with E-state index in [1.54, 1.807) is 26.0 Å². The van der Waals surface area contributed by atoms with Crippen molar-refractivity contribution in [1.82, 2.24) is 0 Å². The molecule has 2 nitrogen and oxygen atoms in total. The third-order valence-corrected chi connectivity index (χ3v) is 6.22. The van der Waals surface area contributed by atoms with Crippen molar-refractivity contribution in [3.63, 3.8) is 0 Å². The van der Waals surface area contributed by atoms with Gasteiger partial charge in [-0.25, -0.2) is 0 Å². The van der Waals surface area contributed by atoms with Gasteiger partial charge in [-0.15, -0.1) is 0 Å². The normalized spacial score (nSPS) is 26.3. The Labute approximate surface area is 172 Å². The van der Waals surface area contributed by atoms with Crippen LogP contribution in [0.4, 0.5) is 0 Å². The predicted octanol–water partition coefficient (Wildman–Crippen LogP) is 7.03. The number of hydrogen-bond donors (Lipinski definition) is 0. The Balaban J connectivity index is 0.000000280. The van der Waals surface area contributed by atoms with E-state index in [2.05, 4.69) is 65.8 Å². The predicted molar refractivity (Wildman–Crippen MR) is 120 cm³/mol. The van der Waals surface area contributed by atoms with Gasteiger partial charge in [-0.1, -0.05) is 63.1 Å². The van der Waals surface area contributed by atoms with Crippen LogP contribution in [0.5, 0.6) is 0 Å². The number of carbonyl (C=O) groups is 2. The molecule has 28 heavy (non-hydrogen) atoms. The monoisotopic (exact) mass is 384 g/mol. The van der Waals surface area contributed by atoms with Gasteiger partial charge in [0, 0.05) is 11.8 Å². The minimum atomic E-state index is 0.138. The molecule has 2 atom stereocenters. The van der Waals surface area contributed by atoms with Crippen molar-refractivity contribution in [3.8, 4) is 0 Å². The molecule has 0 saturated heterocycles. The lowest BCUT2D eigenvalue weighted by molar-refractivity contribution is -0.113. The van der Waals surface area contributed by atoms with Crippen molar-refractivity contribution < 1.29 is 9.59 Å². The van der Waals surface area contributed by atoms with E-state index in [1.807, 2.05) is 0 Å². The Kier molecular flexibility index (Phi) is 8.85. The summed E-state index contributed by atoms with van der Waals surface area (Å²) in [4.78, 5) is 21.8. The summed E-state index contributed by atoms with van der Waals surface area (Å²) in [6.07, 6.45) is 16.9. The molecule has 2 rings (SSSR count). The Morgan fingerprint density at radius 2 is 1.11 bits per heavy atom. The molecule has 0 aromatic heterocycles. The summed E-state index contributed by atoms with van der Waals surface area (Å²) in [6, 6.07) is 0. The van der Waals surface area contributed by atoms with Crippen LogP contribution in [-0.4, -0.2) is 11.6 Å². The zero-order chi connectivity index (χ0) is 21.5. The second-order valence-electron chi connectivity index (χ2n) is 9.85. The molecule has 0 aromatic carbocycles. The fourth-order valence-corrected chi connectivity index (χ4v) is 4.43. The summed E-state index contributed by atoms with van der Waals surface area (Å²) in [5, 5.41) is 0. The van der Waals surface area contributed by atoms with Crippen molar-refractivity contribution in [2.75, 3.05) is 0 Å². The fraction of sp³-hybridized carbons (Fsp3) is 0.615. The summed E-state index contributed by atoms with van der Waals surface area (Å²) >= 11 is 0. The van der Waals surface area contributed by atoms with E-state index in [0.29, 0.717) is 22.7 Å². The van der Waals surface area contributed by atoms with Gasteiger partial charge >= 0.3 is 0 Å². The minimum absolute atomic E-state index is 0.138. The van der Waals surface area contributed by atoms with Crippen molar-refractivity contribution in [2.45, 2.75) is 81.1 Å². The number of hydrogen-bond acceptors (Lipinski definition) is 2. The molecule has 0 aliphatic heterocycles. The molecular formula is C26H40O2. The molecule has 0 N–H and O–H groups in total. The smallest absolute Gasteiger partial charge is 0.152 e. The molecule has 0 amide bonds. The number of rotatable bonds is 4. The Morgan fingerprint density at radius 3 is 1.36 bits per heavy atom. The van der Waals surface area contributed by atoms with Crippen molar-refractivity contribution in [3.05, 3.63) is 47.6 Å². The molecule has 0 spiro atoms. The highest BCUT2D eigenvalue weighted by atomic mass is 16.1. The quantitative estimate of drug-likeness (QED) is 0.385. The highest BCUT2D eigenvalue weighted by Gasteiger charge is 2.31. The van der Waals surface area contributed by atoms with Crippen molar-refractivity contribution >= 4 is 11.6 Å². The summed E-state index contributed by atoms with van der Waals surface area (Å²) in [6.45, 7) is 16.6. The van der Waals surface area contributed by atoms with Crippen LogP contribution < -0.4 is 0 Å². The van der Waals surface area contributed by atoms with E-state index in [1.165, 1.54) is 36.8 Å². The average Bonchev–Trinajstić information content (AvgIpc) is 2.52. The Hall–Kier alpha value is -1.70. The lowest BCUT2D eigenvalue weighted by Gasteiger charge is -2.36. The van der Waals surface area contributed by atoms with Crippen LogP contribution in [0.3, 0.4) is 0 Å². The van der Waals surface area contributed by atoms with E-state index in [4.69, 9.17) is 0 Å². The molecule has 0 heterocycles. The SMILES string of the molecule is CC(=O)/C=C/C1C(C)=CCCC1(C)C.CC(=O)/C=C/C1C(C)=CCCC1(C)C. The molecule has 2 heteroatoms. The third kappa shape index (κ3) is 7.37. The van der Waals surface area contributed by atoms with Gasteiger partial charge < -0.3 is 0 Å². The van der Waals surface area contributed by atoms with Crippen LogP contribution >= 0.6 is 0 Å². The summed E-state index contributed by atoms with van der Waals surface area (Å²) < 4.78 is 0. The number of ketones is 2. The maximum atomic E-state index is 10.9. The van der Waals surface area contributed by atoms with E-state index in [-0.39, 0.29) is 11.6 Å². The van der Waals surface area contributed by atoms with E-state index in [0.717, 1.165) is 0 Å². The Morgan fingerprint density at radius 1 is 0.786 bits per heavy atom. The highest BCUT2D eigenvalue weighted by molar-refractivity contribution is 5.87. The van der Waals surface area contributed by atoms with Gasteiger partial charge in [0.15, 0.2) is 11.6 Å². The molecule has 156 valence electrons. The van der Waals surface area contributed by atoms with E-state index in [9.17, 15) is 9.59 Å². The molecule has 0 radical (unpaired) electrons. The first kappa shape index (κ1) is 24.3. The zero-order valence-corrected chi connectivity index (χ0v) is 19.3. The molecule has 0 saturated carbocycles.